The predicted octanol–water partition coefficient (Wildman–Crippen LogP) is 2.68. The van der Waals surface area contributed by atoms with Crippen molar-refractivity contribution in [2.75, 3.05) is 13.1 Å². The van der Waals surface area contributed by atoms with Crippen LogP contribution in [0.25, 0.3) is 0 Å². The van der Waals surface area contributed by atoms with Gasteiger partial charge in [-0.25, -0.2) is 0 Å². The lowest BCUT2D eigenvalue weighted by Crippen LogP contribution is -2.31. The number of hydrogen-bond acceptors (Lipinski definition) is 1. The van der Waals surface area contributed by atoms with E-state index in [1.54, 1.807) is 0 Å². The summed E-state index contributed by atoms with van der Waals surface area (Å²) in [5.41, 5.74) is 0.378. The Morgan fingerprint density at radius 3 is 2.53 bits per heavy atom. The molecule has 2 nitrogen and oxygen atoms in total. The van der Waals surface area contributed by atoms with Crippen LogP contribution < -0.4 is 0 Å². The Balaban J connectivity index is 1.87. The Bertz CT molecular complexity index is 255. The molecule has 1 aliphatic heterocycles. The van der Waals surface area contributed by atoms with Crippen LogP contribution in [0.5, 0.6) is 0 Å². The number of carbonyl (C=O) groups is 1. The molecule has 1 amide bonds. The smallest absolute Gasteiger partial charge is 0.223 e. The zero-order valence-corrected chi connectivity index (χ0v) is 10.3. The van der Waals surface area contributed by atoms with Crippen molar-refractivity contribution in [2.24, 2.45) is 17.3 Å². The monoisotopic (exact) mass is 209 g/mol. The first-order valence-corrected chi connectivity index (χ1v) is 6.31. The van der Waals surface area contributed by atoms with Gasteiger partial charge < -0.3 is 4.90 Å². The van der Waals surface area contributed by atoms with E-state index in [0.717, 1.165) is 19.5 Å². The van der Waals surface area contributed by atoms with Gasteiger partial charge in [0.15, 0.2) is 0 Å². The fraction of sp³-hybridized carbons (Fsp3) is 0.923. The summed E-state index contributed by atoms with van der Waals surface area (Å²) in [5.74, 6) is 1.79. The summed E-state index contributed by atoms with van der Waals surface area (Å²) in [6, 6.07) is 0. The molecule has 0 spiro atoms. The minimum atomic E-state index is 0.378. The largest absolute Gasteiger partial charge is 0.342 e. The molecule has 1 heterocycles. The Morgan fingerprint density at radius 1 is 1.47 bits per heavy atom. The predicted molar refractivity (Wildman–Crippen MR) is 61.5 cm³/mol. The van der Waals surface area contributed by atoms with Crippen molar-refractivity contribution in [2.45, 2.75) is 46.5 Å². The third-order valence-electron chi connectivity index (χ3n) is 4.40. The molecule has 1 unspecified atom stereocenters. The molecule has 1 saturated carbocycles. The van der Waals surface area contributed by atoms with Gasteiger partial charge >= 0.3 is 0 Å². The van der Waals surface area contributed by atoms with Crippen molar-refractivity contribution >= 4 is 5.91 Å². The van der Waals surface area contributed by atoms with Gasteiger partial charge in [-0.3, -0.25) is 4.79 Å². The molecule has 2 heteroatoms. The van der Waals surface area contributed by atoms with E-state index in [1.165, 1.54) is 19.3 Å². The Kier molecular flexibility index (Phi) is 2.78. The van der Waals surface area contributed by atoms with Crippen LogP contribution in [0.4, 0.5) is 0 Å². The zero-order chi connectivity index (χ0) is 11.1. The average Bonchev–Trinajstić information content (AvgIpc) is 2.82. The van der Waals surface area contributed by atoms with Crippen molar-refractivity contribution in [1.29, 1.82) is 0 Å². The number of amides is 1. The topological polar surface area (TPSA) is 20.3 Å². The quantitative estimate of drug-likeness (QED) is 0.700. The van der Waals surface area contributed by atoms with Crippen molar-refractivity contribution in [3.05, 3.63) is 0 Å². The zero-order valence-electron chi connectivity index (χ0n) is 10.3. The van der Waals surface area contributed by atoms with E-state index < -0.39 is 0 Å². The van der Waals surface area contributed by atoms with Crippen LogP contribution in [-0.4, -0.2) is 23.9 Å². The summed E-state index contributed by atoms with van der Waals surface area (Å²) in [6.07, 6.45) is 4.53. The van der Waals surface area contributed by atoms with Crippen LogP contribution in [0.3, 0.4) is 0 Å². The van der Waals surface area contributed by atoms with Gasteiger partial charge in [0, 0.05) is 19.5 Å². The number of rotatable bonds is 3. The molecular weight excluding hydrogens is 186 g/mol. The molecule has 2 aliphatic rings. The first-order valence-electron chi connectivity index (χ1n) is 6.31. The van der Waals surface area contributed by atoms with Crippen molar-refractivity contribution < 1.29 is 4.79 Å². The number of nitrogens with zero attached hydrogens (tertiary/aromatic N) is 1. The van der Waals surface area contributed by atoms with Crippen LogP contribution in [0.2, 0.25) is 0 Å². The van der Waals surface area contributed by atoms with Gasteiger partial charge in [-0.15, -0.1) is 0 Å². The molecule has 2 fully saturated rings. The maximum Gasteiger partial charge on any atom is 0.223 e. The minimum Gasteiger partial charge on any atom is -0.342 e. The molecule has 86 valence electrons. The van der Waals surface area contributed by atoms with E-state index >= 15 is 0 Å². The number of carbonyl (C=O) groups excluding carboxylic acids is 1. The lowest BCUT2D eigenvalue weighted by atomic mass is 9.88. The van der Waals surface area contributed by atoms with Crippen molar-refractivity contribution in [3.8, 4) is 0 Å². The Labute approximate surface area is 93.0 Å². The highest BCUT2D eigenvalue weighted by Crippen LogP contribution is 2.54. The van der Waals surface area contributed by atoms with Gasteiger partial charge in [0.2, 0.25) is 5.91 Å². The van der Waals surface area contributed by atoms with E-state index in [2.05, 4.69) is 25.7 Å². The standard InChI is InChI=1S/C13H23NO/c1-10(2)13(5-6-13)8-12(15)14-7-4-11(3)9-14/h10-11H,4-9H2,1-3H3. The molecule has 1 atom stereocenters. The molecule has 1 saturated heterocycles. The summed E-state index contributed by atoms with van der Waals surface area (Å²) >= 11 is 0. The van der Waals surface area contributed by atoms with Gasteiger partial charge in [0.25, 0.3) is 0 Å². The van der Waals surface area contributed by atoms with Gasteiger partial charge in [-0.05, 0) is 36.5 Å². The SMILES string of the molecule is CC1CCN(C(=O)CC2(C(C)C)CC2)C1. The molecule has 0 aromatic carbocycles. The molecule has 0 radical (unpaired) electrons. The first-order chi connectivity index (χ1) is 7.03. The maximum atomic E-state index is 12.1. The van der Waals surface area contributed by atoms with Crippen molar-refractivity contribution in [3.63, 3.8) is 0 Å². The molecule has 0 bridgehead atoms. The van der Waals surface area contributed by atoms with E-state index in [1.807, 2.05) is 0 Å². The van der Waals surface area contributed by atoms with Gasteiger partial charge in [-0.1, -0.05) is 20.8 Å². The molecular formula is C13H23NO. The molecule has 0 aromatic rings. The second kappa shape index (κ2) is 3.80. The molecule has 2 rings (SSSR count). The highest BCUT2D eigenvalue weighted by molar-refractivity contribution is 5.77. The fourth-order valence-corrected chi connectivity index (χ4v) is 2.69. The lowest BCUT2D eigenvalue weighted by Gasteiger charge is -2.23. The minimum absolute atomic E-state index is 0.378. The molecule has 0 aromatic heterocycles. The molecule has 1 aliphatic carbocycles. The van der Waals surface area contributed by atoms with Crippen LogP contribution in [0.1, 0.15) is 46.5 Å². The van der Waals surface area contributed by atoms with Crippen LogP contribution in [-0.2, 0) is 4.79 Å². The summed E-state index contributed by atoms with van der Waals surface area (Å²) in [6.45, 7) is 8.74. The second-order valence-corrected chi connectivity index (χ2v) is 5.93. The molecule has 0 N–H and O–H groups in total. The summed E-state index contributed by atoms with van der Waals surface area (Å²) in [5, 5.41) is 0. The number of likely N-dealkylation sites (tertiary alicyclic amines) is 1. The molecule has 15 heavy (non-hydrogen) atoms. The highest BCUT2D eigenvalue weighted by atomic mass is 16.2. The van der Waals surface area contributed by atoms with Crippen LogP contribution in [0, 0.1) is 17.3 Å². The van der Waals surface area contributed by atoms with E-state index in [0.29, 0.717) is 23.2 Å². The fourth-order valence-electron chi connectivity index (χ4n) is 2.69. The second-order valence-electron chi connectivity index (χ2n) is 5.93. The Morgan fingerprint density at radius 2 is 2.13 bits per heavy atom. The first kappa shape index (κ1) is 11.0. The normalized spacial score (nSPS) is 28.5. The van der Waals surface area contributed by atoms with Gasteiger partial charge in [0.1, 0.15) is 0 Å². The summed E-state index contributed by atoms with van der Waals surface area (Å²) < 4.78 is 0. The third-order valence-corrected chi connectivity index (χ3v) is 4.40. The highest BCUT2D eigenvalue weighted by Gasteiger charge is 2.47. The van der Waals surface area contributed by atoms with E-state index in [-0.39, 0.29) is 0 Å². The lowest BCUT2D eigenvalue weighted by molar-refractivity contribution is -0.132. The Hall–Kier alpha value is -0.530. The van der Waals surface area contributed by atoms with Gasteiger partial charge in [-0.2, -0.15) is 0 Å². The number of hydrogen-bond donors (Lipinski definition) is 0. The van der Waals surface area contributed by atoms with Crippen molar-refractivity contribution in [1.82, 2.24) is 4.90 Å². The van der Waals surface area contributed by atoms with E-state index in [9.17, 15) is 4.79 Å². The average molecular weight is 209 g/mol. The van der Waals surface area contributed by atoms with E-state index in [4.69, 9.17) is 0 Å². The maximum absolute atomic E-state index is 12.1. The summed E-state index contributed by atoms with van der Waals surface area (Å²) in [7, 11) is 0. The van der Waals surface area contributed by atoms with Crippen LogP contribution >= 0.6 is 0 Å². The van der Waals surface area contributed by atoms with Crippen LogP contribution in [0.15, 0.2) is 0 Å². The summed E-state index contributed by atoms with van der Waals surface area (Å²) in [4.78, 5) is 14.2. The van der Waals surface area contributed by atoms with Gasteiger partial charge in [0.05, 0.1) is 0 Å². The third kappa shape index (κ3) is 2.19.